The second kappa shape index (κ2) is 6.53. The molecule has 0 atom stereocenters. The number of hydrogen-bond acceptors (Lipinski definition) is 6. The molecule has 8 heteroatoms. The maximum absolute atomic E-state index is 11.6. The lowest BCUT2D eigenvalue weighted by Gasteiger charge is -2.14. The van der Waals surface area contributed by atoms with Crippen molar-refractivity contribution < 1.29 is 28.7 Å². The summed E-state index contributed by atoms with van der Waals surface area (Å²) in [4.78, 5) is 45.2. The minimum Gasteiger partial charge on any atom is -0.482 e. The van der Waals surface area contributed by atoms with E-state index >= 15 is 0 Å². The molecule has 1 aromatic carbocycles. The van der Waals surface area contributed by atoms with Gasteiger partial charge < -0.3 is 9.47 Å². The lowest BCUT2D eigenvalue weighted by atomic mass is 10.1. The number of benzene rings is 1. The van der Waals surface area contributed by atoms with Crippen LogP contribution in [-0.2, 0) is 19.1 Å². The van der Waals surface area contributed by atoms with Crippen molar-refractivity contribution in [3.05, 3.63) is 35.4 Å². The van der Waals surface area contributed by atoms with Gasteiger partial charge in [-0.1, -0.05) is 12.1 Å². The van der Waals surface area contributed by atoms with Gasteiger partial charge in [-0.3, -0.25) is 20.2 Å². The van der Waals surface area contributed by atoms with Crippen LogP contribution in [0.15, 0.2) is 29.8 Å². The number of rotatable bonds is 4. The van der Waals surface area contributed by atoms with Gasteiger partial charge >= 0.3 is 12.0 Å². The van der Waals surface area contributed by atoms with Gasteiger partial charge in [0.2, 0.25) is 0 Å². The number of amides is 4. The molecule has 1 heterocycles. The summed E-state index contributed by atoms with van der Waals surface area (Å²) in [6, 6.07) is 5.54. The minimum atomic E-state index is -0.859. The van der Waals surface area contributed by atoms with Gasteiger partial charge in [0.25, 0.3) is 11.8 Å². The van der Waals surface area contributed by atoms with Gasteiger partial charge in [0.1, 0.15) is 11.3 Å². The molecule has 1 aliphatic rings. The lowest BCUT2D eigenvalue weighted by molar-refractivity contribution is -0.143. The van der Waals surface area contributed by atoms with Crippen molar-refractivity contribution in [2.24, 2.45) is 0 Å². The predicted octanol–water partition coefficient (Wildman–Crippen LogP) is -0.0122. The number of nitrogens with one attached hydrogen (secondary N) is 2. The molecule has 0 spiro atoms. The third-order valence-corrected chi connectivity index (χ3v) is 2.70. The van der Waals surface area contributed by atoms with Gasteiger partial charge in [-0.25, -0.2) is 9.59 Å². The number of ether oxygens (including phenoxy) is 2. The van der Waals surface area contributed by atoms with Crippen LogP contribution in [0, 0.1) is 0 Å². The Bertz CT molecular complexity index is 658. The van der Waals surface area contributed by atoms with Crippen molar-refractivity contribution >= 4 is 29.9 Å². The summed E-state index contributed by atoms with van der Waals surface area (Å²) in [5.74, 6) is -1.73. The molecule has 0 saturated carbocycles. The topological polar surface area (TPSA) is 111 Å². The van der Waals surface area contributed by atoms with E-state index in [9.17, 15) is 19.2 Å². The van der Waals surface area contributed by atoms with Crippen molar-refractivity contribution in [1.82, 2.24) is 10.6 Å². The summed E-state index contributed by atoms with van der Waals surface area (Å²) in [5, 5.41) is 3.94. The van der Waals surface area contributed by atoms with Crippen molar-refractivity contribution in [3.8, 4) is 5.75 Å². The Hall–Kier alpha value is -3.16. The molecule has 1 saturated heterocycles. The summed E-state index contributed by atoms with van der Waals surface area (Å²) in [6.07, 6.45) is 1.31. The third kappa shape index (κ3) is 3.69. The summed E-state index contributed by atoms with van der Waals surface area (Å²) >= 11 is 0. The van der Waals surface area contributed by atoms with Crippen LogP contribution in [0.2, 0.25) is 0 Å². The molecular formula is C14H12N2O6. The van der Waals surface area contributed by atoms with Gasteiger partial charge in [0.05, 0.1) is 7.11 Å². The maximum atomic E-state index is 11.6. The fraction of sp³-hybridized carbons (Fsp3) is 0.143. The van der Waals surface area contributed by atoms with E-state index in [0.29, 0.717) is 11.3 Å². The Morgan fingerprint density at radius 1 is 1.18 bits per heavy atom. The number of methoxy groups -OCH3 is 1. The van der Waals surface area contributed by atoms with Gasteiger partial charge in [0, 0.05) is 0 Å². The number of urea groups is 1. The number of esters is 1. The SMILES string of the molecule is COC(=O)COc1cccc(C=C2C(=O)NC(=O)NC2=O)c1. The monoisotopic (exact) mass is 304 g/mol. The Morgan fingerprint density at radius 3 is 2.50 bits per heavy atom. The first-order valence-corrected chi connectivity index (χ1v) is 6.17. The summed E-state index contributed by atoms with van der Waals surface area (Å²) in [6.45, 7) is -0.258. The molecule has 4 amide bonds. The van der Waals surface area contributed by atoms with Crippen molar-refractivity contribution in [1.29, 1.82) is 0 Å². The van der Waals surface area contributed by atoms with E-state index in [1.807, 2.05) is 10.6 Å². The minimum absolute atomic E-state index is 0.204. The summed E-state index contributed by atoms with van der Waals surface area (Å²) in [5.41, 5.74) is 0.293. The standard InChI is InChI=1S/C14H12N2O6/c1-21-11(17)7-22-9-4-2-3-8(5-9)6-10-12(18)15-14(20)16-13(10)19/h2-6H,7H2,1H3,(H2,15,16,18,19,20). The molecule has 22 heavy (non-hydrogen) atoms. The summed E-state index contributed by atoms with van der Waals surface area (Å²) in [7, 11) is 1.24. The first-order valence-electron chi connectivity index (χ1n) is 6.17. The van der Waals surface area contributed by atoms with Crippen LogP contribution in [-0.4, -0.2) is 37.5 Å². The zero-order chi connectivity index (χ0) is 16.1. The highest BCUT2D eigenvalue weighted by molar-refractivity contribution is 6.31. The van der Waals surface area contributed by atoms with E-state index in [1.54, 1.807) is 18.2 Å². The number of carbonyl (C=O) groups is 4. The van der Waals surface area contributed by atoms with Crippen LogP contribution in [0.3, 0.4) is 0 Å². The first kappa shape index (κ1) is 15.2. The Labute approximate surface area is 125 Å². The van der Waals surface area contributed by atoms with Gasteiger partial charge in [-0.05, 0) is 23.8 Å². The average Bonchev–Trinajstić information content (AvgIpc) is 2.49. The van der Waals surface area contributed by atoms with Crippen LogP contribution in [0.25, 0.3) is 6.08 Å². The number of carbonyl (C=O) groups excluding carboxylic acids is 4. The molecule has 1 aromatic rings. The number of hydrogen-bond donors (Lipinski definition) is 2. The molecular weight excluding hydrogens is 292 g/mol. The van der Waals surface area contributed by atoms with E-state index in [2.05, 4.69) is 4.74 Å². The quantitative estimate of drug-likeness (QED) is 0.460. The van der Waals surface area contributed by atoms with Crippen LogP contribution < -0.4 is 15.4 Å². The first-order chi connectivity index (χ1) is 10.5. The van der Waals surface area contributed by atoms with Gasteiger partial charge in [-0.15, -0.1) is 0 Å². The maximum Gasteiger partial charge on any atom is 0.343 e. The number of imide groups is 2. The highest BCUT2D eigenvalue weighted by atomic mass is 16.6. The lowest BCUT2D eigenvalue weighted by Crippen LogP contribution is -2.51. The van der Waals surface area contributed by atoms with Gasteiger partial charge in [0.15, 0.2) is 6.61 Å². The predicted molar refractivity (Wildman–Crippen MR) is 73.6 cm³/mol. The van der Waals surface area contributed by atoms with Crippen LogP contribution >= 0.6 is 0 Å². The molecule has 1 fully saturated rings. The fourth-order valence-electron chi connectivity index (χ4n) is 1.67. The molecule has 2 N–H and O–H groups in total. The summed E-state index contributed by atoms with van der Waals surface area (Å²) < 4.78 is 9.65. The van der Waals surface area contributed by atoms with Crippen LogP contribution in [0.5, 0.6) is 5.75 Å². The molecule has 1 aliphatic heterocycles. The van der Waals surface area contributed by atoms with Crippen LogP contribution in [0.4, 0.5) is 4.79 Å². The second-order valence-electron chi connectivity index (χ2n) is 4.23. The Morgan fingerprint density at radius 2 is 1.86 bits per heavy atom. The second-order valence-corrected chi connectivity index (χ2v) is 4.23. The molecule has 0 aromatic heterocycles. The normalized spacial score (nSPS) is 14.0. The van der Waals surface area contributed by atoms with Crippen LogP contribution in [0.1, 0.15) is 5.56 Å². The molecule has 2 rings (SSSR count). The average molecular weight is 304 g/mol. The third-order valence-electron chi connectivity index (χ3n) is 2.70. The zero-order valence-corrected chi connectivity index (χ0v) is 11.5. The molecule has 8 nitrogen and oxygen atoms in total. The molecule has 0 radical (unpaired) electrons. The molecule has 0 bridgehead atoms. The fourth-order valence-corrected chi connectivity index (χ4v) is 1.67. The number of barbiturate groups is 1. The van der Waals surface area contributed by atoms with Crippen molar-refractivity contribution in [2.75, 3.05) is 13.7 Å². The van der Waals surface area contributed by atoms with E-state index in [1.165, 1.54) is 19.3 Å². The van der Waals surface area contributed by atoms with Crippen molar-refractivity contribution in [3.63, 3.8) is 0 Å². The molecule has 0 unspecified atom stereocenters. The Balaban J connectivity index is 2.17. The highest BCUT2D eigenvalue weighted by Gasteiger charge is 2.27. The van der Waals surface area contributed by atoms with E-state index < -0.39 is 23.8 Å². The molecule has 114 valence electrons. The molecule has 0 aliphatic carbocycles. The van der Waals surface area contributed by atoms with E-state index in [0.717, 1.165) is 0 Å². The van der Waals surface area contributed by atoms with Gasteiger partial charge in [-0.2, -0.15) is 0 Å². The highest BCUT2D eigenvalue weighted by Crippen LogP contribution is 2.17. The van der Waals surface area contributed by atoms with E-state index in [-0.39, 0.29) is 12.2 Å². The largest absolute Gasteiger partial charge is 0.482 e. The smallest absolute Gasteiger partial charge is 0.343 e. The Kier molecular flexibility index (Phi) is 4.52. The van der Waals surface area contributed by atoms with Crippen molar-refractivity contribution in [2.45, 2.75) is 0 Å². The zero-order valence-electron chi connectivity index (χ0n) is 11.5. The van der Waals surface area contributed by atoms with E-state index in [4.69, 9.17) is 4.74 Å².